The number of carbonyl (C=O) groups is 1. The fraction of sp³-hybridized carbons (Fsp3) is 0.120. The van der Waals surface area contributed by atoms with Gasteiger partial charge in [-0.2, -0.15) is 26.3 Å². The van der Waals surface area contributed by atoms with Crippen LogP contribution in [0.3, 0.4) is 0 Å². The lowest BCUT2D eigenvalue weighted by Gasteiger charge is -2.21. The summed E-state index contributed by atoms with van der Waals surface area (Å²) in [6.45, 7) is 0. The Hall–Kier alpha value is -3.31. The van der Waals surface area contributed by atoms with Crippen molar-refractivity contribution in [2.24, 2.45) is 0 Å². The lowest BCUT2D eigenvalue weighted by molar-refractivity contribution is -0.137. The van der Waals surface area contributed by atoms with E-state index in [1.807, 2.05) is 0 Å². The number of ether oxygens (including phenoxy) is 1. The normalized spacial score (nSPS) is 15.4. The number of carbonyl (C=O) groups excluding carboxylic acids is 1. The van der Waals surface area contributed by atoms with E-state index in [0.29, 0.717) is 0 Å². The largest absolute Gasteiger partial charge is 0.495 e. The van der Waals surface area contributed by atoms with Gasteiger partial charge in [0.15, 0.2) is 0 Å². The molecule has 4 rings (SSSR count). The first-order chi connectivity index (χ1) is 16.9. The number of hydrogen-bond acceptors (Lipinski definition) is 4. The van der Waals surface area contributed by atoms with E-state index in [1.54, 1.807) is 0 Å². The van der Waals surface area contributed by atoms with Gasteiger partial charge >= 0.3 is 12.4 Å². The monoisotopic (exact) mass is 539 g/mol. The number of nitrogens with one attached hydrogen (secondary N) is 1. The summed E-state index contributed by atoms with van der Waals surface area (Å²) in [5.41, 5.74) is -2.53. The quantitative estimate of drug-likeness (QED) is 0.211. The van der Waals surface area contributed by atoms with Gasteiger partial charge in [-0.15, -0.1) is 0 Å². The van der Waals surface area contributed by atoms with Gasteiger partial charge in [0.25, 0.3) is 5.91 Å². The highest BCUT2D eigenvalue weighted by atomic mass is 32.2. The van der Waals surface area contributed by atoms with Crippen LogP contribution >= 0.6 is 24.0 Å². The second-order valence-electron chi connectivity index (χ2n) is 7.59. The molecule has 11 heteroatoms. The van der Waals surface area contributed by atoms with E-state index >= 15 is 0 Å². The zero-order valence-corrected chi connectivity index (χ0v) is 19.9. The van der Waals surface area contributed by atoms with Crippen molar-refractivity contribution in [2.45, 2.75) is 12.4 Å². The van der Waals surface area contributed by atoms with E-state index in [4.69, 9.17) is 17.0 Å². The highest BCUT2D eigenvalue weighted by molar-refractivity contribution is 8.26. The Morgan fingerprint density at radius 1 is 0.833 bits per heavy atom. The Bertz CT molecular complexity index is 1320. The van der Waals surface area contributed by atoms with Crippen molar-refractivity contribution >= 4 is 40.3 Å². The molecule has 3 aromatic rings. The molecule has 0 spiro atoms. The number of hydrogen-bond donors (Lipinski definition) is 1. The fourth-order valence-corrected chi connectivity index (χ4v) is 4.90. The second-order valence-corrected chi connectivity index (χ2v) is 9.31. The Kier molecular flexibility index (Phi) is 6.89. The average molecular weight is 540 g/mol. The molecule has 0 bridgehead atoms. The molecular formula is C25H15F6NO2S2. The number of thioether (sulfide) groups is 1. The maximum atomic E-state index is 13.9. The molecule has 3 nitrogen and oxygen atoms in total. The van der Waals surface area contributed by atoms with Crippen LogP contribution in [-0.2, 0) is 17.1 Å². The average Bonchev–Trinajstić information content (AvgIpc) is 3.13. The zero-order chi connectivity index (χ0) is 26.3. The van der Waals surface area contributed by atoms with E-state index in [1.165, 1.54) is 61.7 Å². The number of benzene rings is 3. The van der Waals surface area contributed by atoms with Gasteiger partial charge in [-0.25, -0.2) is 0 Å². The van der Waals surface area contributed by atoms with Crippen LogP contribution in [0.2, 0.25) is 0 Å². The highest BCUT2D eigenvalue weighted by Crippen LogP contribution is 2.47. The first-order valence-corrected chi connectivity index (χ1v) is 11.4. The molecule has 1 fully saturated rings. The second kappa shape index (κ2) is 9.62. The van der Waals surface area contributed by atoms with E-state index in [-0.39, 0.29) is 42.8 Å². The van der Waals surface area contributed by atoms with Crippen molar-refractivity contribution in [1.82, 2.24) is 5.32 Å². The van der Waals surface area contributed by atoms with Gasteiger partial charge in [-0.05, 0) is 47.0 Å². The maximum absolute atomic E-state index is 13.9. The lowest BCUT2D eigenvalue weighted by Crippen LogP contribution is -2.17. The molecule has 0 saturated carbocycles. The molecule has 0 aliphatic carbocycles. The van der Waals surface area contributed by atoms with E-state index < -0.39 is 29.4 Å². The molecule has 186 valence electrons. The van der Waals surface area contributed by atoms with Gasteiger partial charge in [0, 0.05) is 11.1 Å². The molecule has 36 heavy (non-hydrogen) atoms. The number of alkyl halides is 6. The Morgan fingerprint density at radius 2 is 1.31 bits per heavy atom. The summed E-state index contributed by atoms with van der Waals surface area (Å²) in [4.78, 5) is 12.3. The zero-order valence-electron chi connectivity index (χ0n) is 18.3. The molecule has 0 radical (unpaired) electrons. The Morgan fingerprint density at radius 3 is 1.69 bits per heavy atom. The molecule has 0 unspecified atom stereocenters. The van der Waals surface area contributed by atoms with Gasteiger partial charge < -0.3 is 10.1 Å². The summed E-state index contributed by atoms with van der Waals surface area (Å²) in [6.07, 6.45) is -8.13. The van der Waals surface area contributed by atoms with Gasteiger partial charge in [0.05, 0.1) is 23.1 Å². The Balaban J connectivity index is 2.08. The molecule has 1 aliphatic heterocycles. The first-order valence-electron chi connectivity index (χ1n) is 10.2. The third kappa shape index (κ3) is 5.12. The minimum atomic E-state index is -4.74. The predicted molar refractivity (Wildman–Crippen MR) is 130 cm³/mol. The number of rotatable bonds is 4. The number of thiocarbonyl (C=S) groups is 1. The standard InChI is InChI=1S/C25H15F6NO2S2/c1-34-21-16(14-6-2-4-8-18(14)24(26,27)28)10-13(12-20-22(33)32-23(35)36-20)11-17(21)15-7-3-5-9-19(15)25(29,30)31/h2-12H,1H3,(H,32,33,35)/b20-12-. The smallest absolute Gasteiger partial charge is 0.417 e. The van der Waals surface area contributed by atoms with Crippen molar-refractivity contribution in [3.63, 3.8) is 0 Å². The minimum Gasteiger partial charge on any atom is -0.495 e. The van der Waals surface area contributed by atoms with Crippen LogP contribution in [0.25, 0.3) is 28.3 Å². The van der Waals surface area contributed by atoms with Crippen molar-refractivity contribution in [3.8, 4) is 28.0 Å². The van der Waals surface area contributed by atoms with Gasteiger partial charge in [0.1, 0.15) is 10.1 Å². The van der Waals surface area contributed by atoms with Crippen molar-refractivity contribution in [1.29, 1.82) is 0 Å². The van der Waals surface area contributed by atoms with Crippen LogP contribution in [0, 0.1) is 0 Å². The van der Waals surface area contributed by atoms with Crippen LogP contribution in [0.5, 0.6) is 5.75 Å². The molecule has 1 amide bonds. The topological polar surface area (TPSA) is 38.3 Å². The maximum Gasteiger partial charge on any atom is 0.417 e. The van der Waals surface area contributed by atoms with Crippen LogP contribution in [0.1, 0.15) is 16.7 Å². The van der Waals surface area contributed by atoms with E-state index in [2.05, 4.69) is 5.32 Å². The highest BCUT2D eigenvalue weighted by Gasteiger charge is 2.36. The Labute approximate surface area is 211 Å². The minimum absolute atomic E-state index is 0.0854. The summed E-state index contributed by atoms with van der Waals surface area (Å²) < 4.78 is 88.8. The molecular weight excluding hydrogens is 524 g/mol. The lowest BCUT2D eigenvalue weighted by atomic mass is 9.90. The molecule has 1 N–H and O–H groups in total. The van der Waals surface area contributed by atoms with Crippen molar-refractivity contribution in [2.75, 3.05) is 7.11 Å². The first kappa shape index (κ1) is 25.8. The third-order valence-electron chi connectivity index (χ3n) is 5.30. The molecule has 0 atom stereocenters. The van der Waals surface area contributed by atoms with Gasteiger partial charge in [-0.3, -0.25) is 4.79 Å². The predicted octanol–water partition coefficient (Wildman–Crippen LogP) is 7.56. The molecule has 1 saturated heterocycles. The number of methoxy groups -OCH3 is 1. The van der Waals surface area contributed by atoms with Crippen LogP contribution < -0.4 is 10.1 Å². The molecule has 3 aromatic carbocycles. The van der Waals surface area contributed by atoms with Crippen LogP contribution in [-0.4, -0.2) is 17.3 Å². The van der Waals surface area contributed by atoms with E-state index in [9.17, 15) is 31.1 Å². The summed E-state index contributed by atoms with van der Waals surface area (Å²) in [5.74, 6) is -0.695. The summed E-state index contributed by atoms with van der Waals surface area (Å²) in [7, 11) is 1.17. The van der Waals surface area contributed by atoms with Crippen LogP contribution in [0.4, 0.5) is 26.3 Å². The number of halogens is 6. The van der Waals surface area contributed by atoms with Gasteiger partial charge in [-0.1, -0.05) is 60.4 Å². The van der Waals surface area contributed by atoms with Crippen molar-refractivity contribution in [3.05, 3.63) is 82.3 Å². The number of amides is 1. The molecule has 1 aliphatic rings. The van der Waals surface area contributed by atoms with Gasteiger partial charge in [0.2, 0.25) is 0 Å². The molecule has 0 aromatic heterocycles. The third-order valence-corrected chi connectivity index (χ3v) is 6.46. The summed E-state index contributed by atoms with van der Waals surface area (Å²) in [6, 6.07) is 12.1. The SMILES string of the molecule is COc1c(-c2ccccc2C(F)(F)F)cc(/C=C2\SC(=S)NC2=O)cc1-c1ccccc1C(F)(F)F. The van der Waals surface area contributed by atoms with Crippen molar-refractivity contribution < 1.29 is 35.9 Å². The summed E-state index contributed by atoms with van der Waals surface area (Å²) in [5, 5.41) is 2.43. The fourth-order valence-electron chi connectivity index (χ4n) is 3.86. The molecule has 1 heterocycles. The van der Waals surface area contributed by atoms with Crippen LogP contribution in [0.15, 0.2) is 65.6 Å². The van der Waals surface area contributed by atoms with E-state index in [0.717, 1.165) is 23.9 Å². The summed E-state index contributed by atoms with van der Waals surface area (Å²) >= 11 is 5.91.